The zero-order chi connectivity index (χ0) is 13.0. The van der Waals surface area contributed by atoms with Crippen molar-refractivity contribution in [2.45, 2.75) is 16.5 Å². The van der Waals surface area contributed by atoms with Gasteiger partial charge in [0.1, 0.15) is 10.1 Å². The quantitative estimate of drug-likeness (QED) is 0.620. The minimum atomic E-state index is -0.135. The van der Waals surface area contributed by atoms with Crippen molar-refractivity contribution in [2.75, 3.05) is 7.11 Å². The van der Waals surface area contributed by atoms with E-state index < -0.39 is 0 Å². The van der Waals surface area contributed by atoms with Gasteiger partial charge in [-0.2, -0.15) is 0 Å². The summed E-state index contributed by atoms with van der Waals surface area (Å²) < 4.78 is 5.99. The van der Waals surface area contributed by atoms with E-state index in [1.165, 1.54) is 11.8 Å². The Kier molecular flexibility index (Phi) is 4.38. The number of ketones is 1. The van der Waals surface area contributed by atoms with Crippen LogP contribution in [0.2, 0.25) is 0 Å². The summed E-state index contributed by atoms with van der Waals surface area (Å²) in [5.41, 5.74) is 0.701. The zero-order valence-corrected chi connectivity index (χ0v) is 11.8. The first-order valence-corrected chi connectivity index (χ1v) is 7.21. The molecule has 94 valence electrons. The van der Waals surface area contributed by atoms with Crippen molar-refractivity contribution in [3.8, 4) is 5.75 Å². The summed E-state index contributed by atoms with van der Waals surface area (Å²) >= 11 is 3.04. The molecule has 0 fully saturated rings. The minimum Gasteiger partial charge on any atom is -0.497 e. The first kappa shape index (κ1) is 13.1. The number of ether oxygens (including phenoxy) is 1. The summed E-state index contributed by atoms with van der Waals surface area (Å²) in [7, 11) is 1.61. The van der Waals surface area contributed by atoms with Crippen LogP contribution in [0.15, 0.2) is 40.2 Å². The third kappa shape index (κ3) is 3.11. The van der Waals surface area contributed by atoms with Crippen LogP contribution in [0.25, 0.3) is 0 Å². The van der Waals surface area contributed by atoms with Gasteiger partial charge in [-0.15, -0.1) is 11.3 Å². The Morgan fingerprint density at radius 2 is 2.11 bits per heavy atom. The highest BCUT2D eigenvalue weighted by molar-refractivity contribution is 8.02. The van der Waals surface area contributed by atoms with E-state index >= 15 is 0 Å². The van der Waals surface area contributed by atoms with Crippen molar-refractivity contribution in [2.24, 2.45) is 0 Å². The standard InChI is InChI=1S/C13H13NO2S2/c1-9(18-13-14-7-8-17-13)12(15)10-3-5-11(16-2)6-4-10/h3-9H,1-2H3. The fourth-order valence-corrected chi connectivity index (χ4v) is 3.31. The Labute approximate surface area is 114 Å². The van der Waals surface area contributed by atoms with Crippen LogP contribution in [-0.2, 0) is 0 Å². The van der Waals surface area contributed by atoms with E-state index in [4.69, 9.17) is 4.74 Å². The number of benzene rings is 1. The van der Waals surface area contributed by atoms with Gasteiger partial charge in [-0.25, -0.2) is 4.98 Å². The van der Waals surface area contributed by atoms with E-state index in [1.807, 2.05) is 12.3 Å². The topological polar surface area (TPSA) is 39.2 Å². The Morgan fingerprint density at radius 3 is 2.67 bits per heavy atom. The van der Waals surface area contributed by atoms with Crippen molar-refractivity contribution in [1.82, 2.24) is 4.98 Å². The molecule has 2 aromatic rings. The maximum Gasteiger partial charge on any atom is 0.175 e. The predicted molar refractivity (Wildman–Crippen MR) is 74.8 cm³/mol. The largest absolute Gasteiger partial charge is 0.497 e. The first-order chi connectivity index (χ1) is 8.70. The van der Waals surface area contributed by atoms with Crippen LogP contribution in [0, 0.1) is 0 Å². The van der Waals surface area contributed by atoms with E-state index in [9.17, 15) is 4.79 Å². The second kappa shape index (κ2) is 6.02. The van der Waals surface area contributed by atoms with Gasteiger partial charge in [0.05, 0.1) is 12.4 Å². The number of rotatable bonds is 5. The fraction of sp³-hybridized carbons (Fsp3) is 0.231. The minimum absolute atomic E-state index is 0.109. The molecule has 0 saturated carbocycles. The highest BCUT2D eigenvalue weighted by Crippen LogP contribution is 2.27. The molecule has 0 saturated heterocycles. The first-order valence-electron chi connectivity index (χ1n) is 5.45. The number of methoxy groups -OCH3 is 1. The van der Waals surface area contributed by atoms with Gasteiger partial charge >= 0.3 is 0 Å². The zero-order valence-electron chi connectivity index (χ0n) is 10.1. The van der Waals surface area contributed by atoms with Gasteiger partial charge in [0.15, 0.2) is 5.78 Å². The van der Waals surface area contributed by atoms with Crippen molar-refractivity contribution < 1.29 is 9.53 Å². The van der Waals surface area contributed by atoms with Gasteiger partial charge in [-0.3, -0.25) is 4.79 Å². The van der Waals surface area contributed by atoms with Crippen LogP contribution in [0.1, 0.15) is 17.3 Å². The Hall–Kier alpha value is -1.33. The van der Waals surface area contributed by atoms with E-state index in [1.54, 1.807) is 48.9 Å². The number of thioether (sulfide) groups is 1. The Bertz CT molecular complexity index is 508. The average Bonchev–Trinajstić information content (AvgIpc) is 2.91. The van der Waals surface area contributed by atoms with Crippen molar-refractivity contribution in [3.63, 3.8) is 0 Å². The molecular weight excluding hydrogens is 266 g/mol. The highest BCUT2D eigenvalue weighted by Gasteiger charge is 2.17. The van der Waals surface area contributed by atoms with Gasteiger partial charge in [0, 0.05) is 17.1 Å². The molecular formula is C13H13NO2S2. The molecule has 0 radical (unpaired) electrons. The maximum atomic E-state index is 12.2. The maximum absolute atomic E-state index is 12.2. The lowest BCUT2D eigenvalue weighted by Gasteiger charge is -2.08. The molecule has 2 rings (SSSR count). The van der Waals surface area contributed by atoms with Crippen LogP contribution in [0.3, 0.4) is 0 Å². The molecule has 5 heteroatoms. The number of Topliss-reactive ketones (excluding diaryl/α,β-unsaturated/α-hetero) is 1. The SMILES string of the molecule is COc1ccc(C(=O)C(C)Sc2nccs2)cc1. The summed E-state index contributed by atoms with van der Waals surface area (Å²) in [4.78, 5) is 16.4. The van der Waals surface area contributed by atoms with Crippen LogP contribution in [0.4, 0.5) is 0 Å². The molecule has 1 heterocycles. The van der Waals surface area contributed by atoms with Gasteiger partial charge in [0.2, 0.25) is 0 Å². The molecule has 0 N–H and O–H groups in total. The van der Waals surface area contributed by atoms with Gasteiger partial charge in [0.25, 0.3) is 0 Å². The van der Waals surface area contributed by atoms with Crippen LogP contribution < -0.4 is 4.74 Å². The number of carbonyl (C=O) groups is 1. The summed E-state index contributed by atoms with van der Waals surface area (Å²) in [5, 5.41) is 1.77. The lowest BCUT2D eigenvalue weighted by atomic mass is 10.1. The van der Waals surface area contributed by atoms with E-state index in [0.29, 0.717) is 5.56 Å². The molecule has 0 spiro atoms. The molecule has 0 aliphatic rings. The lowest BCUT2D eigenvalue weighted by Crippen LogP contribution is -2.13. The summed E-state index contributed by atoms with van der Waals surface area (Å²) in [6.07, 6.45) is 1.75. The van der Waals surface area contributed by atoms with Gasteiger partial charge in [-0.05, 0) is 31.2 Å². The molecule has 1 unspecified atom stereocenters. The molecule has 0 amide bonds. The molecule has 0 bridgehead atoms. The van der Waals surface area contributed by atoms with Crippen molar-refractivity contribution >= 4 is 28.9 Å². The molecule has 1 aromatic heterocycles. The van der Waals surface area contributed by atoms with Crippen LogP contribution >= 0.6 is 23.1 Å². The third-order valence-corrected chi connectivity index (χ3v) is 4.45. The number of nitrogens with zero attached hydrogens (tertiary/aromatic N) is 1. The van der Waals surface area contributed by atoms with Gasteiger partial charge < -0.3 is 4.74 Å². The molecule has 1 aromatic carbocycles. The molecule has 3 nitrogen and oxygen atoms in total. The molecule has 0 aliphatic carbocycles. The van der Waals surface area contributed by atoms with Crippen molar-refractivity contribution in [1.29, 1.82) is 0 Å². The molecule has 1 atom stereocenters. The van der Waals surface area contributed by atoms with Crippen molar-refractivity contribution in [3.05, 3.63) is 41.4 Å². The second-order valence-electron chi connectivity index (χ2n) is 3.65. The third-order valence-electron chi connectivity index (χ3n) is 2.43. The van der Waals surface area contributed by atoms with E-state index in [2.05, 4.69) is 4.98 Å². The van der Waals surface area contributed by atoms with E-state index in [0.717, 1.165) is 10.1 Å². The molecule has 18 heavy (non-hydrogen) atoms. The summed E-state index contributed by atoms with van der Waals surface area (Å²) in [6, 6.07) is 7.18. The lowest BCUT2D eigenvalue weighted by molar-refractivity contribution is 0.0994. The summed E-state index contributed by atoms with van der Waals surface area (Å²) in [6.45, 7) is 1.90. The Balaban J connectivity index is 2.05. The van der Waals surface area contributed by atoms with Gasteiger partial charge in [-0.1, -0.05) is 11.8 Å². The van der Waals surface area contributed by atoms with Crippen LogP contribution in [0.5, 0.6) is 5.75 Å². The number of hydrogen-bond acceptors (Lipinski definition) is 5. The predicted octanol–water partition coefficient (Wildman–Crippen LogP) is 3.52. The van der Waals surface area contributed by atoms with E-state index in [-0.39, 0.29) is 11.0 Å². The second-order valence-corrected chi connectivity index (χ2v) is 6.13. The smallest absolute Gasteiger partial charge is 0.175 e. The monoisotopic (exact) mass is 279 g/mol. The molecule has 0 aliphatic heterocycles. The van der Waals surface area contributed by atoms with Crippen LogP contribution in [-0.4, -0.2) is 23.1 Å². The number of aromatic nitrogens is 1. The highest BCUT2D eigenvalue weighted by atomic mass is 32.2. The number of carbonyl (C=O) groups excluding carboxylic acids is 1. The number of hydrogen-bond donors (Lipinski definition) is 0. The number of thiazole rings is 1. The fourth-order valence-electron chi connectivity index (χ4n) is 1.46. The summed E-state index contributed by atoms with van der Waals surface area (Å²) in [5.74, 6) is 0.865. The average molecular weight is 279 g/mol. The normalized spacial score (nSPS) is 12.1. The Morgan fingerprint density at radius 1 is 1.39 bits per heavy atom.